The van der Waals surface area contributed by atoms with Crippen molar-refractivity contribution in [3.05, 3.63) is 52.8 Å². The lowest BCUT2D eigenvalue weighted by Gasteiger charge is -2.32. The number of benzene rings is 1. The molecule has 2 N–H and O–H groups in total. The summed E-state index contributed by atoms with van der Waals surface area (Å²) in [6.07, 6.45) is 1.57. The number of likely N-dealkylation sites (tertiary alicyclic amines) is 1. The number of aryl methyl sites for hydroxylation is 3. The Balaban J connectivity index is 2.00. The molecule has 1 unspecified atom stereocenters. The van der Waals surface area contributed by atoms with Crippen molar-refractivity contribution in [3.8, 4) is 5.69 Å². The number of hydrogen-bond donors (Lipinski definition) is 1. The van der Waals surface area contributed by atoms with E-state index in [9.17, 15) is 9.59 Å². The third-order valence-corrected chi connectivity index (χ3v) is 5.01. The van der Waals surface area contributed by atoms with Gasteiger partial charge >= 0.3 is 0 Å². The number of hydrogen-bond acceptors (Lipinski definition) is 2. The topological polar surface area (TPSA) is 68.3 Å². The minimum absolute atomic E-state index is 0.0304. The predicted molar refractivity (Wildman–Crippen MR) is 97.8 cm³/mol. The maximum absolute atomic E-state index is 13.2. The van der Waals surface area contributed by atoms with E-state index in [0.717, 1.165) is 35.5 Å². The third kappa shape index (κ3) is 3.31. The molecule has 3 rings (SSSR count). The van der Waals surface area contributed by atoms with Gasteiger partial charge in [0.1, 0.15) is 0 Å². The highest BCUT2D eigenvalue weighted by atomic mass is 16.2. The zero-order valence-electron chi connectivity index (χ0n) is 15.1. The summed E-state index contributed by atoms with van der Waals surface area (Å²) in [6, 6.07) is 10.1. The summed E-state index contributed by atoms with van der Waals surface area (Å²) in [5.41, 5.74) is 10.2. The summed E-state index contributed by atoms with van der Waals surface area (Å²) in [5, 5.41) is 0. The lowest BCUT2D eigenvalue weighted by atomic mass is 9.96. The van der Waals surface area contributed by atoms with Gasteiger partial charge in [-0.1, -0.05) is 11.6 Å². The molecule has 1 aromatic carbocycles. The van der Waals surface area contributed by atoms with Crippen molar-refractivity contribution in [3.63, 3.8) is 0 Å². The molecule has 0 aliphatic carbocycles. The van der Waals surface area contributed by atoms with Gasteiger partial charge in [-0.2, -0.15) is 0 Å². The van der Waals surface area contributed by atoms with E-state index >= 15 is 0 Å². The Bertz CT molecular complexity index is 803. The minimum Gasteiger partial charge on any atom is -0.369 e. The average molecular weight is 339 g/mol. The van der Waals surface area contributed by atoms with Crippen LogP contribution in [0.1, 0.15) is 40.2 Å². The van der Waals surface area contributed by atoms with Gasteiger partial charge in [-0.15, -0.1) is 0 Å². The van der Waals surface area contributed by atoms with E-state index in [4.69, 9.17) is 5.73 Å². The summed E-state index contributed by atoms with van der Waals surface area (Å²) >= 11 is 0. The van der Waals surface area contributed by atoms with Gasteiger partial charge in [-0.05, 0) is 57.9 Å². The molecular formula is C20H25N3O2. The second kappa shape index (κ2) is 6.75. The van der Waals surface area contributed by atoms with E-state index in [1.165, 1.54) is 0 Å². The lowest BCUT2D eigenvalue weighted by Crippen LogP contribution is -2.44. The fraction of sp³-hybridized carbons (Fsp3) is 0.400. The second-order valence-corrected chi connectivity index (χ2v) is 6.96. The Kier molecular flexibility index (Phi) is 4.66. The van der Waals surface area contributed by atoms with Crippen molar-refractivity contribution >= 4 is 11.8 Å². The minimum atomic E-state index is -0.320. The van der Waals surface area contributed by atoms with Gasteiger partial charge in [0.15, 0.2) is 0 Å². The summed E-state index contributed by atoms with van der Waals surface area (Å²) in [7, 11) is 0. The molecule has 1 saturated heterocycles. The van der Waals surface area contributed by atoms with E-state index in [2.05, 4.69) is 4.57 Å². The molecule has 2 aromatic rings. The zero-order chi connectivity index (χ0) is 18.1. The summed E-state index contributed by atoms with van der Waals surface area (Å²) in [5.74, 6) is -0.600. The Hall–Kier alpha value is -2.56. The van der Waals surface area contributed by atoms with Gasteiger partial charge in [-0.3, -0.25) is 9.59 Å². The van der Waals surface area contributed by atoms with Crippen LogP contribution < -0.4 is 5.73 Å². The molecule has 132 valence electrons. The summed E-state index contributed by atoms with van der Waals surface area (Å²) in [4.78, 5) is 26.5. The highest BCUT2D eigenvalue weighted by Crippen LogP contribution is 2.25. The van der Waals surface area contributed by atoms with Crippen LogP contribution in [-0.4, -0.2) is 34.4 Å². The highest BCUT2D eigenvalue weighted by Gasteiger charge is 2.29. The monoisotopic (exact) mass is 339 g/mol. The first kappa shape index (κ1) is 17.3. The van der Waals surface area contributed by atoms with Crippen LogP contribution in [0.5, 0.6) is 0 Å². The number of aromatic nitrogens is 1. The molecule has 25 heavy (non-hydrogen) atoms. The van der Waals surface area contributed by atoms with Gasteiger partial charge in [0.25, 0.3) is 5.91 Å². The number of piperidine rings is 1. The number of rotatable bonds is 3. The van der Waals surface area contributed by atoms with E-state index in [1.807, 2.05) is 51.1 Å². The Morgan fingerprint density at radius 2 is 1.76 bits per heavy atom. The molecule has 1 aliphatic rings. The third-order valence-electron chi connectivity index (χ3n) is 5.01. The Morgan fingerprint density at radius 3 is 2.40 bits per heavy atom. The predicted octanol–water partition coefficient (Wildman–Crippen LogP) is 2.74. The zero-order valence-corrected chi connectivity index (χ0v) is 15.1. The van der Waals surface area contributed by atoms with Crippen LogP contribution in [0.3, 0.4) is 0 Å². The van der Waals surface area contributed by atoms with Crippen molar-refractivity contribution in [2.24, 2.45) is 11.7 Å². The normalized spacial score (nSPS) is 17.6. The maximum Gasteiger partial charge on any atom is 0.256 e. The molecule has 1 fully saturated rings. The molecule has 1 aliphatic heterocycles. The van der Waals surface area contributed by atoms with Crippen LogP contribution in [0, 0.1) is 26.7 Å². The first-order valence-corrected chi connectivity index (χ1v) is 8.73. The Labute approximate surface area is 148 Å². The lowest BCUT2D eigenvalue weighted by molar-refractivity contribution is -0.123. The van der Waals surface area contributed by atoms with Crippen molar-refractivity contribution < 1.29 is 9.59 Å². The molecular weight excluding hydrogens is 314 g/mol. The van der Waals surface area contributed by atoms with Crippen LogP contribution in [-0.2, 0) is 4.79 Å². The van der Waals surface area contributed by atoms with Crippen LogP contribution in [0.4, 0.5) is 0 Å². The number of nitrogens with zero attached hydrogens (tertiary/aromatic N) is 2. The van der Waals surface area contributed by atoms with Gasteiger partial charge in [-0.25, -0.2) is 0 Å². The smallest absolute Gasteiger partial charge is 0.256 e. The van der Waals surface area contributed by atoms with Crippen LogP contribution in [0.25, 0.3) is 5.69 Å². The fourth-order valence-electron chi connectivity index (χ4n) is 3.63. The molecule has 5 nitrogen and oxygen atoms in total. The number of nitrogens with two attached hydrogens (primary N) is 1. The number of primary amides is 1. The average Bonchev–Trinajstić information content (AvgIpc) is 2.93. The SMILES string of the molecule is Cc1ccc(-n2c(C)ccc2C)c(C(=O)N2CCCC(C(N)=O)C2)c1. The van der Waals surface area contributed by atoms with Gasteiger partial charge < -0.3 is 15.2 Å². The first-order chi connectivity index (χ1) is 11.9. The number of carbonyl (C=O) groups excluding carboxylic acids is 2. The van der Waals surface area contributed by atoms with Crippen molar-refractivity contribution in [1.29, 1.82) is 0 Å². The van der Waals surface area contributed by atoms with E-state index in [-0.39, 0.29) is 17.7 Å². The van der Waals surface area contributed by atoms with E-state index in [1.54, 1.807) is 4.90 Å². The summed E-state index contributed by atoms with van der Waals surface area (Å²) in [6.45, 7) is 7.12. The van der Waals surface area contributed by atoms with E-state index in [0.29, 0.717) is 18.7 Å². The van der Waals surface area contributed by atoms with Gasteiger partial charge in [0.05, 0.1) is 17.2 Å². The molecule has 1 atom stereocenters. The molecule has 2 amide bonds. The molecule has 0 spiro atoms. The standard InChI is InChI=1S/C20H25N3O2/c1-13-6-9-18(23-14(2)7-8-15(23)3)17(11-13)20(25)22-10-4-5-16(12-22)19(21)24/h6-9,11,16H,4-5,10,12H2,1-3H3,(H2,21,24). The molecule has 0 bridgehead atoms. The van der Waals surface area contributed by atoms with Crippen molar-refractivity contribution in [2.75, 3.05) is 13.1 Å². The maximum atomic E-state index is 13.2. The molecule has 0 saturated carbocycles. The highest BCUT2D eigenvalue weighted by molar-refractivity contribution is 5.98. The molecule has 0 radical (unpaired) electrons. The summed E-state index contributed by atoms with van der Waals surface area (Å²) < 4.78 is 2.10. The van der Waals surface area contributed by atoms with Crippen molar-refractivity contribution in [2.45, 2.75) is 33.6 Å². The fourth-order valence-corrected chi connectivity index (χ4v) is 3.63. The second-order valence-electron chi connectivity index (χ2n) is 6.96. The van der Waals surface area contributed by atoms with Crippen molar-refractivity contribution in [1.82, 2.24) is 9.47 Å². The van der Waals surface area contributed by atoms with Gasteiger partial charge in [0, 0.05) is 24.5 Å². The molecule has 5 heteroatoms. The quantitative estimate of drug-likeness (QED) is 0.934. The number of carbonyl (C=O) groups is 2. The first-order valence-electron chi connectivity index (χ1n) is 8.73. The van der Waals surface area contributed by atoms with Crippen LogP contribution in [0.15, 0.2) is 30.3 Å². The Morgan fingerprint density at radius 1 is 1.08 bits per heavy atom. The van der Waals surface area contributed by atoms with E-state index < -0.39 is 0 Å². The molecule has 1 aromatic heterocycles. The number of amides is 2. The molecule has 2 heterocycles. The van der Waals surface area contributed by atoms with Crippen LogP contribution >= 0.6 is 0 Å². The van der Waals surface area contributed by atoms with Crippen LogP contribution in [0.2, 0.25) is 0 Å². The largest absolute Gasteiger partial charge is 0.369 e. The van der Waals surface area contributed by atoms with Gasteiger partial charge in [0.2, 0.25) is 5.91 Å².